The van der Waals surface area contributed by atoms with E-state index in [4.69, 9.17) is 0 Å². The fourth-order valence-corrected chi connectivity index (χ4v) is 3.04. The number of aryl methyl sites for hydroxylation is 1. The van der Waals surface area contributed by atoms with Crippen molar-refractivity contribution >= 4 is 0 Å². The SMILES string of the molecule is CC(C)CC1NCc2cc(OC(F)F)ccc2CCC1C. The molecular weight excluding hydrogens is 272 g/mol. The van der Waals surface area contributed by atoms with Gasteiger partial charge >= 0.3 is 6.61 Å². The number of benzene rings is 1. The van der Waals surface area contributed by atoms with Crippen LogP contribution in [0.4, 0.5) is 8.78 Å². The van der Waals surface area contributed by atoms with Gasteiger partial charge in [0.2, 0.25) is 0 Å². The quantitative estimate of drug-likeness (QED) is 0.890. The van der Waals surface area contributed by atoms with Crippen molar-refractivity contribution in [1.82, 2.24) is 5.32 Å². The monoisotopic (exact) mass is 297 g/mol. The molecule has 1 aromatic rings. The molecule has 118 valence electrons. The van der Waals surface area contributed by atoms with Crippen molar-refractivity contribution in [3.05, 3.63) is 29.3 Å². The van der Waals surface area contributed by atoms with Crippen LogP contribution in [-0.2, 0) is 13.0 Å². The van der Waals surface area contributed by atoms with E-state index in [0.29, 0.717) is 17.9 Å². The van der Waals surface area contributed by atoms with Crippen LogP contribution in [0.5, 0.6) is 5.75 Å². The fraction of sp³-hybridized carbons (Fsp3) is 0.647. The van der Waals surface area contributed by atoms with E-state index in [9.17, 15) is 8.78 Å². The van der Waals surface area contributed by atoms with Gasteiger partial charge in [0, 0.05) is 12.6 Å². The molecule has 0 amide bonds. The van der Waals surface area contributed by atoms with Crippen LogP contribution in [-0.4, -0.2) is 12.7 Å². The van der Waals surface area contributed by atoms with Crippen molar-refractivity contribution < 1.29 is 13.5 Å². The highest BCUT2D eigenvalue weighted by molar-refractivity contribution is 5.36. The van der Waals surface area contributed by atoms with Crippen LogP contribution >= 0.6 is 0 Å². The summed E-state index contributed by atoms with van der Waals surface area (Å²) in [6.07, 6.45) is 3.26. The van der Waals surface area contributed by atoms with E-state index in [-0.39, 0.29) is 5.75 Å². The smallest absolute Gasteiger partial charge is 0.387 e. The predicted octanol–water partition coefficient (Wildman–Crippen LogP) is 4.37. The lowest BCUT2D eigenvalue weighted by Gasteiger charge is -2.30. The highest BCUT2D eigenvalue weighted by Gasteiger charge is 2.21. The molecule has 0 fully saturated rings. The second-order valence-corrected chi connectivity index (χ2v) is 6.44. The van der Waals surface area contributed by atoms with Crippen molar-refractivity contribution in [2.45, 2.75) is 59.2 Å². The maximum absolute atomic E-state index is 12.3. The van der Waals surface area contributed by atoms with Gasteiger partial charge in [-0.05, 0) is 54.4 Å². The van der Waals surface area contributed by atoms with Crippen LogP contribution in [0, 0.1) is 11.8 Å². The van der Waals surface area contributed by atoms with Gasteiger partial charge in [-0.15, -0.1) is 0 Å². The molecule has 4 heteroatoms. The third-order valence-corrected chi connectivity index (χ3v) is 4.24. The highest BCUT2D eigenvalue weighted by Crippen LogP contribution is 2.26. The third-order valence-electron chi connectivity index (χ3n) is 4.24. The minimum absolute atomic E-state index is 0.250. The first-order valence-electron chi connectivity index (χ1n) is 7.75. The van der Waals surface area contributed by atoms with E-state index in [1.165, 1.54) is 5.56 Å². The van der Waals surface area contributed by atoms with Gasteiger partial charge in [0.15, 0.2) is 0 Å². The van der Waals surface area contributed by atoms with E-state index < -0.39 is 6.61 Å². The van der Waals surface area contributed by atoms with Gasteiger partial charge in [-0.2, -0.15) is 8.78 Å². The summed E-state index contributed by atoms with van der Waals surface area (Å²) in [5, 5.41) is 3.60. The molecule has 0 aromatic heterocycles. The van der Waals surface area contributed by atoms with Crippen LogP contribution < -0.4 is 10.1 Å². The Morgan fingerprint density at radius 3 is 2.71 bits per heavy atom. The minimum atomic E-state index is -2.77. The van der Waals surface area contributed by atoms with Crippen molar-refractivity contribution in [2.75, 3.05) is 0 Å². The molecule has 1 aromatic carbocycles. The molecule has 1 aliphatic heterocycles. The maximum Gasteiger partial charge on any atom is 0.387 e. The summed E-state index contributed by atoms with van der Waals surface area (Å²) in [5.74, 6) is 1.52. The Morgan fingerprint density at radius 1 is 1.29 bits per heavy atom. The van der Waals surface area contributed by atoms with E-state index in [1.54, 1.807) is 12.1 Å². The van der Waals surface area contributed by atoms with Crippen molar-refractivity contribution in [3.63, 3.8) is 0 Å². The Hall–Kier alpha value is -1.16. The molecule has 2 atom stereocenters. The Balaban J connectivity index is 2.13. The Morgan fingerprint density at radius 2 is 2.05 bits per heavy atom. The van der Waals surface area contributed by atoms with Gasteiger partial charge in [-0.3, -0.25) is 0 Å². The first kappa shape index (κ1) is 16.2. The lowest BCUT2D eigenvalue weighted by Crippen LogP contribution is -2.37. The van der Waals surface area contributed by atoms with Crippen LogP contribution in [0.2, 0.25) is 0 Å². The van der Waals surface area contributed by atoms with Crippen LogP contribution in [0.1, 0.15) is 44.7 Å². The molecule has 0 aliphatic carbocycles. The number of ether oxygens (including phenoxy) is 1. The standard InChI is InChI=1S/C17H25F2NO/c1-11(2)8-16-12(3)4-5-13-6-7-15(21-17(18)19)9-14(13)10-20-16/h6-7,9,11-12,16-17,20H,4-5,8,10H2,1-3H3. The molecule has 0 radical (unpaired) electrons. The number of alkyl halides is 2. The summed E-state index contributed by atoms with van der Waals surface area (Å²) >= 11 is 0. The summed E-state index contributed by atoms with van der Waals surface area (Å²) < 4.78 is 29.1. The van der Waals surface area contributed by atoms with Gasteiger partial charge in [-0.25, -0.2) is 0 Å². The van der Waals surface area contributed by atoms with Gasteiger partial charge < -0.3 is 10.1 Å². The number of nitrogens with one attached hydrogen (secondary N) is 1. The second kappa shape index (κ2) is 7.21. The highest BCUT2D eigenvalue weighted by atomic mass is 19.3. The molecule has 0 spiro atoms. The van der Waals surface area contributed by atoms with Crippen molar-refractivity contribution in [3.8, 4) is 5.75 Å². The topological polar surface area (TPSA) is 21.3 Å². The summed E-state index contributed by atoms with van der Waals surface area (Å²) in [7, 11) is 0. The molecule has 21 heavy (non-hydrogen) atoms. The molecule has 0 bridgehead atoms. The van der Waals surface area contributed by atoms with Crippen LogP contribution in [0.25, 0.3) is 0 Å². The average molecular weight is 297 g/mol. The summed E-state index contributed by atoms with van der Waals surface area (Å²) in [6.45, 7) is 4.71. The number of rotatable bonds is 4. The summed E-state index contributed by atoms with van der Waals surface area (Å²) in [5.41, 5.74) is 2.31. The first-order chi connectivity index (χ1) is 9.95. The number of hydrogen-bond acceptors (Lipinski definition) is 2. The van der Waals surface area contributed by atoms with Gasteiger partial charge in [0.05, 0.1) is 0 Å². The molecule has 1 N–H and O–H groups in total. The minimum Gasteiger partial charge on any atom is -0.435 e. The molecule has 2 unspecified atom stereocenters. The second-order valence-electron chi connectivity index (χ2n) is 6.44. The van der Waals surface area contributed by atoms with Crippen LogP contribution in [0.3, 0.4) is 0 Å². The van der Waals surface area contributed by atoms with Crippen molar-refractivity contribution in [2.24, 2.45) is 11.8 Å². The zero-order valence-corrected chi connectivity index (χ0v) is 13.0. The molecule has 1 aliphatic rings. The molecule has 2 rings (SSSR count). The molecule has 0 saturated carbocycles. The lowest BCUT2D eigenvalue weighted by molar-refractivity contribution is -0.0499. The van der Waals surface area contributed by atoms with Crippen LogP contribution in [0.15, 0.2) is 18.2 Å². The molecule has 0 saturated heterocycles. The maximum atomic E-state index is 12.3. The van der Waals surface area contributed by atoms with E-state index >= 15 is 0 Å². The Labute approximate surface area is 125 Å². The molecular formula is C17H25F2NO. The fourth-order valence-electron chi connectivity index (χ4n) is 3.04. The summed E-state index contributed by atoms with van der Waals surface area (Å²) in [4.78, 5) is 0. The first-order valence-corrected chi connectivity index (χ1v) is 7.75. The number of hydrogen-bond donors (Lipinski definition) is 1. The largest absolute Gasteiger partial charge is 0.435 e. The number of halogens is 2. The Bertz CT molecular complexity index is 462. The zero-order chi connectivity index (χ0) is 15.4. The molecule has 1 heterocycles. The Kier molecular flexibility index (Phi) is 5.57. The number of fused-ring (bicyclic) bond motifs is 1. The predicted molar refractivity (Wildman–Crippen MR) is 80.6 cm³/mol. The van der Waals surface area contributed by atoms with E-state index in [2.05, 4.69) is 30.8 Å². The third kappa shape index (κ3) is 4.67. The average Bonchev–Trinajstić information content (AvgIpc) is 2.39. The van der Waals surface area contributed by atoms with Crippen molar-refractivity contribution in [1.29, 1.82) is 0 Å². The van der Waals surface area contributed by atoms with Gasteiger partial charge in [0.25, 0.3) is 0 Å². The lowest BCUT2D eigenvalue weighted by atomic mass is 9.86. The van der Waals surface area contributed by atoms with E-state index in [1.807, 2.05) is 6.07 Å². The summed E-state index contributed by atoms with van der Waals surface area (Å²) in [6, 6.07) is 5.79. The normalized spacial score (nSPS) is 22.8. The van der Waals surface area contributed by atoms with Gasteiger partial charge in [0.1, 0.15) is 5.75 Å². The van der Waals surface area contributed by atoms with E-state index in [0.717, 1.165) is 31.4 Å². The zero-order valence-electron chi connectivity index (χ0n) is 13.0. The molecule has 2 nitrogen and oxygen atoms in total. The van der Waals surface area contributed by atoms with Gasteiger partial charge in [-0.1, -0.05) is 26.8 Å².